The molecule has 1 fully saturated rings. The second-order valence-corrected chi connectivity index (χ2v) is 6.84. The second-order valence-electron chi connectivity index (χ2n) is 5.93. The highest BCUT2D eigenvalue weighted by Crippen LogP contribution is 2.39. The van der Waals surface area contributed by atoms with E-state index in [1.165, 1.54) is 16.3 Å². The number of nitrogens with one attached hydrogen (secondary N) is 1. The molecule has 8 nitrogen and oxygen atoms in total. The van der Waals surface area contributed by atoms with Gasteiger partial charge in [0, 0.05) is 17.5 Å². The van der Waals surface area contributed by atoms with Crippen molar-refractivity contribution in [3.63, 3.8) is 0 Å². The summed E-state index contributed by atoms with van der Waals surface area (Å²) in [5.41, 5.74) is 3.90. The van der Waals surface area contributed by atoms with Gasteiger partial charge in [-0.15, -0.1) is 11.3 Å². The van der Waals surface area contributed by atoms with Crippen LogP contribution in [0.4, 0.5) is 5.69 Å². The molecule has 3 heterocycles. The topological polar surface area (TPSA) is 106 Å². The molecule has 3 N–H and O–H groups in total. The molecule has 3 aromatic heterocycles. The van der Waals surface area contributed by atoms with Gasteiger partial charge in [0.2, 0.25) is 0 Å². The Balaban J connectivity index is 1.74. The number of amides is 2. The molecule has 0 spiro atoms. The monoisotopic (exact) mass is 368 g/mol. The van der Waals surface area contributed by atoms with Gasteiger partial charge in [0.25, 0.3) is 11.8 Å². The maximum Gasteiger partial charge on any atom is 0.296 e. The van der Waals surface area contributed by atoms with Crippen LogP contribution >= 0.6 is 11.3 Å². The number of hydrogen-bond donors (Lipinski definition) is 2. The van der Waals surface area contributed by atoms with Gasteiger partial charge in [-0.2, -0.15) is 0 Å². The summed E-state index contributed by atoms with van der Waals surface area (Å²) in [5, 5.41) is 3.17. The molecule has 0 bridgehead atoms. The molecule has 3 aromatic rings. The largest absolute Gasteiger partial charge is 0.296 e. The van der Waals surface area contributed by atoms with Gasteiger partial charge in [0.1, 0.15) is 12.0 Å². The number of carbonyl (C=O) groups excluding carboxylic acids is 2. The third-order valence-corrected chi connectivity index (χ3v) is 4.99. The fourth-order valence-electron chi connectivity index (χ4n) is 2.61. The Morgan fingerprint density at radius 1 is 1.31 bits per heavy atom. The minimum absolute atomic E-state index is 0.296. The van der Waals surface area contributed by atoms with Crippen LogP contribution in [0.2, 0.25) is 0 Å². The Hall–Kier alpha value is -3.04. The van der Waals surface area contributed by atoms with Crippen LogP contribution in [0.15, 0.2) is 48.4 Å². The molecule has 0 saturated heterocycles. The Labute approximate surface area is 153 Å². The standard InChI is InChI=1S/C17H16N6O2S/c18-21-16(24)15-7-12(9-26-15)23(17(25)13-3-1-2-6-19-13)22-8-14(20-10-22)11-4-5-11/h1-3,6-11H,4-5,18H2,(H,21,24). The van der Waals surface area contributed by atoms with Crippen molar-refractivity contribution in [2.45, 2.75) is 18.8 Å². The molecule has 1 aliphatic carbocycles. The average Bonchev–Trinajstić information content (AvgIpc) is 3.22. The van der Waals surface area contributed by atoms with Crippen LogP contribution < -0.4 is 16.3 Å². The van der Waals surface area contributed by atoms with E-state index in [2.05, 4.69) is 15.4 Å². The quantitative estimate of drug-likeness (QED) is 0.407. The first-order valence-electron chi connectivity index (χ1n) is 8.06. The molecule has 1 saturated carbocycles. The van der Waals surface area contributed by atoms with Crippen molar-refractivity contribution in [2.75, 3.05) is 5.01 Å². The molecule has 1 aliphatic rings. The molecule has 0 radical (unpaired) electrons. The van der Waals surface area contributed by atoms with Gasteiger partial charge in [-0.3, -0.25) is 20.0 Å². The summed E-state index contributed by atoms with van der Waals surface area (Å²) in [7, 11) is 0. The smallest absolute Gasteiger partial charge is 0.289 e. The molecule has 2 amide bonds. The Kier molecular flexibility index (Phi) is 4.23. The first kappa shape index (κ1) is 16.4. The van der Waals surface area contributed by atoms with Crippen molar-refractivity contribution >= 4 is 28.8 Å². The van der Waals surface area contributed by atoms with Crippen LogP contribution in [0.5, 0.6) is 0 Å². The number of carbonyl (C=O) groups is 2. The number of anilines is 1. The zero-order chi connectivity index (χ0) is 18.1. The zero-order valence-electron chi connectivity index (χ0n) is 13.7. The van der Waals surface area contributed by atoms with Crippen molar-refractivity contribution in [1.29, 1.82) is 0 Å². The molecular weight excluding hydrogens is 352 g/mol. The first-order valence-corrected chi connectivity index (χ1v) is 8.94. The summed E-state index contributed by atoms with van der Waals surface area (Å²) in [6.45, 7) is 0. The summed E-state index contributed by atoms with van der Waals surface area (Å²) >= 11 is 1.20. The fourth-order valence-corrected chi connectivity index (χ4v) is 3.38. The first-order chi connectivity index (χ1) is 12.7. The Morgan fingerprint density at radius 2 is 2.15 bits per heavy atom. The summed E-state index contributed by atoms with van der Waals surface area (Å²) in [5.74, 6) is 4.94. The number of pyridine rings is 1. The van der Waals surface area contributed by atoms with Crippen molar-refractivity contribution in [3.05, 3.63) is 64.6 Å². The SMILES string of the molecule is NNC(=O)c1cc(N(C(=O)c2ccccn2)n2cnc(C3CC3)c2)cs1. The second kappa shape index (κ2) is 6.70. The van der Waals surface area contributed by atoms with E-state index in [1.54, 1.807) is 46.8 Å². The maximum atomic E-state index is 13.1. The molecule has 26 heavy (non-hydrogen) atoms. The molecule has 4 rings (SSSR count). The molecule has 9 heteroatoms. The van der Waals surface area contributed by atoms with Gasteiger partial charge in [0.05, 0.1) is 22.5 Å². The lowest BCUT2D eigenvalue weighted by Crippen LogP contribution is -2.35. The lowest BCUT2D eigenvalue weighted by molar-refractivity contribution is 0.0952. The third-order valence-electron chi connectivity index (χ3n) is 4.08. The number of hydrogen-bond acceptors (Lipinski definition) is 6. The summed E-state index contributed by atoms with van der Waals surface area (Å²) in [4.78, 5) is 33.8. The average molecular weight is 368 g/mol. The molecular formula is C17H16N6O2S. The van der Waals surface area contributed by atoms with E-state index in [0.29, 0.717) is 22.2 Å². The number of aromatic nitrogens is 3. The summed E-state index contributed by atoms with van der Waals surface area (Å²) in [6.07, 6.45) is 7.25. The highest BCUT2D eigenvalue weighted by molar-refractivity contribution is 7.12. The minimum Gasteiger partial charge on any atom is -0.289 e. The predicted octanol–water partition coefficient (Wildman–Crippen LogP) is 1.93. The predicted molar refractivity (Wildman–Crippen MR) is 96.6 cm³/mol. The van der Waals surface area contributed by atoms with Gasteiger partial charge >= 0.3 is 0 Å². The summed E-state index contributed by atoms with van der Waals surface area (Å²) in [6, 6.07) is 6.76. The van der Waals surface area contributed by atoms with Gasteiger partial charge in [-0.1, -0.05) is 6.07 Å². The lowest BCUT2D eigenvalue weighted by atomic mass is 10.3. The van der Waals surface area contributed by atoms with Gasteiger partial charge in [0.15, 0.2) is 0 Å². The fraction of sp³-hybridized carbons (Fsp3) is 0.176. The van der Waals surface area contributed by atoms with Crippen LogP contribution in [0.3, 0.4) is 0 Å². The van der Waals surface area contributed by atoms with E-state index in [-0.39, 0.29) is 5.91 Å². The van der Waals surface area contributed by atoms with Crippen LogP contribution in [0, 0.1) is 0 Å². The van der Waals surface area contributed by atoms with Crippen molar-refractivity contribution in [1.82, 2.24) is 20.1 Å². The van der Waals surface area contributed by atoms with Crippen LogP contribution in [-0.4, -0.2) is 26.5 Å². The van der Waals surface area contributed by atoms with E-state index >= 15 is 0 Å². The summed E-state index contributed by atoms with van der Waals surface area (Å²) < 4.78 is 1.64. The van der Waals surface area contributed by atoms with Crippen LogP contribution in [0.1, 0.15) is 44.6 Å². The van der Waals surface area contributed by atoms with Crippen molar-refractivity contribution < 1.29 is 9.59 Å². The number of thiophene rings is 1. The normalized spacial score (nSPS) is 13.4. The Bertz CT molecular complexity index is 947. The van der Waals surface area contributed by atoms with Crippen molar-refractivity contribution in [2.24, 2.45) is 5.84 Å². The minimum atomic E-state index is -0.407. The number of rotatable bonds is 5. The van der Waals surface area contributed by atoms with E-state index in [9.17, 15) is 9.59 Å². The van der Waals surface area contributed by atoms with Gasteiger partial charge in [-0.05, 0) is 31.0 Å². The zero-order valence-corrected chi connectivity index (χ0v) is 14.5. The van der Waals surface area contributed by atoms with E-state index in [1.807, 2.05) is 6.20 Å². The van der Waals surface area contributed by atoms with Crippen molar-refractivity contribution in [3.8, 4) is 0 Å². The molecule has 0 unspecified atom stereocenters. The lowest BCUT2D eigenvalue weighted by Gasteiger charge is -2.21. The van der Waals surface area contributed by atoms with E-state index < -0.39 is 5.91 Å². The Morgan fingerprint density at radius 3 is 2.85 bits per heavy atom. The van der Waals surface area contributed by atoms with Crippen LogP contribution in [-0.2, 0) is 0 Å². The molecule has 0 atom stereocenters. The number of nitrogen functional groups attached to an aromatic ring is 1. The highest BCUT2D eigenvalue weighted by atomic mass is 32.1. The molecule has 0 aliphatic heterocycles. The number of hydrazine groups is 1. The molecule has 0 aromatic carbocycles. The maximum absolute atomic E-state index is 13.1. The number of imidazole rings is 1. The van der Waals surface area contributed by atoms with E-state index in [4.69, 9.17) is 5.84 Å². The van der Waals surface area contributed by atoms with E-state index in [0.717, 1.165) is 18.5 Å². The highest BCUT2D eigenvalue weighted by Gasteiger charge is 2.28. The van der Waals surface area contributed by atoms with Gasteiger partial charge < -0.3 is 0 Å². The van der Waals surface area contributed by atoms with Gasteiger partial charge in [-0.25, -0.2) is 20.5 Å². The van der Waals surface area contributed by atoms with Crippen LogP contribution in [0.25, 0.3) is 0 Å². The number of nitrogens with zero attached hydrogens (tertiary/aromatic N) is 4. The third kappa shape index (κ3) is 3.09. The molecule has 132 valence electrons. The number of nitrogens with two attached hydrogens (primary N) is 1.